The molecule has 1 aromatic heterocycles. The van der Waals surface area contributed by atoms with Crippen molar-refractivity contribution in [2.24, 2.45) is 0 Å². The summed E-state index contributed by atoms with van der Waals surface area (Å²) < 4.78 is 39.7. The van der Waals surface area contributed by atoms with E-state index in [4.69, 9.17) is 0 Å². The highest BCUT2D eigenvalue weighted by Crippen LogP contribution is 2.18. The predicted octanol–water partition coefficient (Wildman–Crippen LogP) is 2.28. The molecule has 0 radical (unpaired) electrons. The Balaban J connectivity index is 2.20. The average Bonchev–Trinajstić information content (AvgIpc) is 2.68. The highest BCUT2D eigenvalue weighted by molar-refractivity contribution is 6.01. The second-order valence-electron chi connectivity index (χ2n) is 3.31. The van der Waals surface area contributed by atoms with Crippen LogP contribution in [0.3, 0.4) is 0 Å². The first-order valence-corrected chi connectivity index (χ1v) is 4.64. The molecule has 1 heterocycles. The van der Waals surface area contributed by atoms with Gasteiger partial charge in [0.05, 0.1) is 5.52 Å². The van der Waals surface area contributed by atoms with Gasteiger partial charge in [-0.2, -0.15) is 18.3 Å². The minimum atomic E-state index is -4.54. The molecule has 0 aliphatic carbocycles. The number of aromatic amines is 1. The largest absolute Gasteiger partial charge is 0.451 e. The van der Waals surface area contributed by atoms with Crippen molar-refractivity contribution in [3.8, 4) is 0 Å². The van der Waals surface area contributed by atoms with E-state index in [1.54, 1.807) is 24.3 Å². The number of nitrogens with zero attached hydrogens (tertiary/aromatic N) is 1. The molecule has 0 aliphatic rings. The molecule has 2 rings (SSSR count). The number of halogens is 3. The number of rotatable bonds is 2. The molecule has 17 heavy (non-hydrogen) atoms. The number of carbonyl (C=O) groups is 1. The Hall–Kier alpha value is -2.05. The maximum Gasteiger partial charge on any atom is 0.422 e. The summed E-state index contributed by atoms with van der Waals surface area (Å²) >= 11 is 0. The maximum absolute atomic E-state index is 11.9. The first kappa shape index (κ1) is 11.4. The second-order valence-corrected chi connectivity index (χ2v) is 3.31. The SMILES string of the molecule is O=C(OCC(F)(F)F)c1n[nH]c2ccccc12. The molecule has 0 atom stereocenters. The van der Waals surface area contributed by atoms with Gasteiger partial charge in [-0.05, 0) is 6.07 Å². The quantitative estimate of drug-likeness (QED) is 0.824. The molecule has 2 aromatic rings. The second kappa shape index (κ2) is 4.08. The van der Waals surface area contributed by atoms with Crippen molar-refractivity contribution in [2.45, 2.75) is 6.18 Å². The van der Waals surface area contributed by atoms with E-state index < -0.39 is 18.8 Å². The fraction of sp³-hybridized carbons (Fsp3) is 0.200. The third kappa shape index (κ3) is 2.55. The highest BCUT2D eigenvalue weighted by atomic mass is 19.4. The Morgan fingerprint density at radius 3 is 2.76 bits per heavy atom. The molecule has 90 valence electrons. The van der Waals surface area contributed by atoms with Crippen LogP contribution in [0.2, 0.25) is 0 Å². The van der Waals surface area contributed by atoms with Crippen LogP contribution in [-0.2, 0) is 4.74 Å². The molecule has 0 saturated heterocycles. The molecule has 0 amide bonds. The van der Waals surface area contributed by atoms with Crippen LogP contribution in [-0.4, -0.2) is 28.9 Å². The standard InChI is InChI=1S/C10H7F3N2O2/c11-10(12,13)5-17-9(16)8-6-3-1-2-4-7(6)14-15-8/h1-4H,5H2,(H,14,15). The summed E-state index contributed by atoms with van der Waals surface area (Å²) in [4.78, 5) is 11.4. The molecule has 4 nitrogen and oxygen atoms in total. The molecule has 0 unspecified atom stereocenters. The zero-order valence-corrected chi connectivity index (χ0v) is 8.41. The highest BCUT2D eigenvalue weighted by Gasteiger charge is 2.30. The van der Waals surface area contributed by atoms with E-state index in [0.29, 0.717) is 10.9 Å². The average molecular weight is 244 g/mol. The number of para-hydroxylation sites is 1. The number of nitrogens with one attached hydrogen (secondary N) is 1. The Morgan fingerprint density at radius 2 is 2.06 bits per heavy atom. The molecule has 0 bridgehead atoms. The van der Waals surface area contributed by atoms with Gasteiger partial charge in [-0.15, -0.1) is 0 Å². The topological polar surface area (TPSA) is 55.0 Å². The van der Waals surface area contributed by atoms with Crippen LogP contribution in [0.5, 0.6) is 0 Å². The van der Waals surface area contributed by atoms with Crippen molar-refractivity contribution >= 4 is 16.9 Å². The van der Waals surface area contributed by atoms with Gasteiger partial charge in [0.2, 0.25) is 0 Å². The van der Waals surface area contributed by atoms with E-state index in [0.717, 1.165) is 0 Å². The smallest absolute Gasteiger partial charge is 0.422 e. The lowest BCUT2D eigenvalue weighted by Gasteiger charge is -2.06. The summed E-state index contributed by atoms with van der Waals surface area (Å²) in [6.07, 6.45) is -4.54. The van der Waals surface area contributed by atoms with Crippen molar-refractivity contribution in [1.82, 2.24) is 10.2 Å². The molecule has 1 N–H and O–H groups in total. The molecule has 0 aliphatic heterocycles. The number of carbonyl (C=O) groups excluding carboxylic acids is 1. The Kier molecular flexibility index (Phi) is 2.74. The van der Waals surface area contributed by atoms with Gasteiger partial charge >= 0.3 is 12.1 Å². The molecular formula is C10H7F3N2O2. The van der Waals surface area contributed by atoms with Gasteiger partial charge in [-0.3, -0.25) is 5.10 Å². The maximum atomic E-state index is 11.9. The van der Waals surface area contributed by atoms with Crippen LogP contribution >= 0.6 is 0 Å². The Morgan fingerprint density at radius 1 is 1.35 bits per heavy atom. The van der Waals surface area contributed by atoms with Gasteiger partial charge in [0, 0.05) is 5.39 Å². The minimum absolute atomic E-state index is 0.148. The first-order chi connectivity index (χ1) is 7.97. The lowest BCUT2D eigenvalue weighted by molar-refractivity contribution is -0.161. The van der Waals surface area contributed by atoms with Crippen molar-refractivity contribution in [1.29, 1.82) is 0 Å². The molecule has 0 saturated carbocycles. The van der Waals surface area contributed by atoms with Gasteiger partial charge in [-0.25, -0.2) is 4.79 Å². The molecule has 1 aromatic carbocycles. The van der Waals surface area contributed by atoms with Crippen LogP contribution in [0.4, 0.5) is 13.2 Å². The zero-order chi connectivity index (χ0) is 12.5. The number of alkyl halides is 3. The number of aromatic nitrogens is 2. The number of benzene rings is 1. The van der Waals surface area contributed by atoms with Crippen LogP contribution in [0.25, 0.3) is 10.9 Å². The summed E-state index contributed by atoms with van der Waals surface area (Å²) in [5.41, 5.74) is 0.413. The fourth-order valence-corrected chi connectivity index (χ4v) is 1.33. The summed E-state index contributed by atoms with van der Waals surface area (Å²) in [6.45, 7) is -1.62. The van der Waals surface area contributed by atoms with Crippen LogP contribution in [0.1, 0.15) is 10.5 Å². The molecular weight excluding hydrogens is 237 g/mol. The number of ether oxygens (including phenoxy) is 1. The van der Waals surface area contributed by atoms with E-state index in [1.807, 2.05) is 0 Å². The van der Waals surface area contributed by atoms with Crippen molar-refractivity contribution in [3.63, 3.8) is 0 Å². The van der Waals surface area contributed by atoms with E-state index >= 15 is 0 Å². The lowest BCUT2D eigenvalue weighted by atomic mass is 10.2. The third-order valence-corrected chi connectivity index (χ3v) is 2.03. The summed E-state index contributed by atoms with van der Waals surface area (Å²) in [5, 5.41) is 6.59. The monoisotopic (exact) mass is 244 g/mol. The molecule has 0 spiro atoms. The minimum Gasteiger partial charge on any atom is -0.451 e. The van der Waals surface area contributed by atoms with Crippen LogP contribution in [0.15, 0.2) is 24.3 Å². The van der Waals surface area contributed by atoms with Gasteiger partial charge in [0.15, 0.2) is 12.3 Å². The number of hydrogen-bond acceptors (Lipinski definition) is 3. The van der Waals surface area contributed by atoms with Gasteiger partial charge in [0.1, 0.15) is 0 Å². The Bertz CT molecular complexity index is 548. The van der Waals surface area contributed by atoms with Crippen molar-refractivity contribution < 1.29 is 22.7 Å². The number of esters is 1. The van der Waals surface area contributed by atoms with Crippen molar-refractivity contribution in [3.05, 3.63) is 30.0 Å². The van der Waals surface area contributed by atoms with Gasteiger partial charge < -0.3 is 4.74 Å². The number of H-pyrrole nitrogens is 1. The first-order valence-electron chi connectivity index (χ1n) is 4.64. The van der Waals surface area contributed by atoms with Crippen LogP contribution < -0.4 is 0 Å². The van der Waals surface area contributed by atoms with E-state index in [-0.39, 0.29) is 5.69 Å². The van der Waals surface area contributed by atoms with Crippen molar-refractivity contribution in [2.75, 3.05) is 6.61 Å². The summed E-state index contributed by atoms with van der Waals surface area (Å²) in [7, 11) is 0. The number of fused-ring (bicyclic) bond motifs is 1. The lowest BCUT2D eigenvalue weighted by Crippen LogP contribution is -2.20. The zero-order valence-electron chi connectivity index (χ0n) is 8.41. The molecule has 0 fully saturated rings. The fourth-order valence-electron chi connectivity index (χ4n) is 1.33. The summed E-state index contributed by atoms with van der Waals surface area (Å²) in [6, 6.07) is 6.59. The molecule has 7 heteroatoms. The summed E-state index contributed by atoms with van der Waals surface area (Å²) in [5.74, 6) is -1.10. The van der Waals surface area contributed by atoms with Gasteiger partial charge in [-0.1, -0.05) is 18.2 Å². The predicted molar refractivity (Wildman–Crippen MR) is 52.4 cm³/mol. The van der Waals surface area contributed by atoms with Crippen LogP contribution in [0, 0.1) is 0 Å². The van der Waals surface area contributed by atoms with E-state index in [2.05, 4.69) is 14.9 Å². The third-order valence-electron chi connectivity index (χ3n) is 2.03. The normalized spacial score (nSPS) is 11.7. The van der Waals surface area contributed by atoms with E-state index in [1.165, 1.54) is 0 Å². The van der Waals surface area contributed by atoms with E-state index in [9.17, 15) is 18.0 Å². The van der Waals surface area contributed by atoms with Gasteiger partial charge in [0.25, 0.3) is 0 Å². The number of hydrogen-bond donors (Lipinski definition) is 1. The Labute approximate surface area is 93.4 Å².